The molecule has 123 heavy (non-hydrogen) atoms. The first-order valence-electron chi connectivity index (χ1n) is 41.0. The number of aromatic nitrogens is 2. The van der Waals surface area contributed by atoms with Crippen molar-refractivity contribution in [2.45, 2.75) is 108 Å². The van der Waals surface area contributed by atoms with Gasteiger partial charge in [-0.25, -0.2) is 23.1 Å². The van der Waals surface area contributed by atoms with Gasteiger partial charge in [-0.05, 0) is 156 Å². The van der Waals surface area contributed by atoms with E-state index in [4.69, 9.17) is 30.5 Å². The summed E-state index contributed by atoms with van der Waals surface area (Å²) in [6.07, 6.45) is 12.0. The van der Waals surface area contributed by atoms with Crippen LogP contribution >= 0.6 is 22.9 Å². The van der Waals surface area contributed by atoms with Gasteiger partial charge in [0.05, 0.1) is 44.9 Å². The zero-order chi connectivity index (χ0) is 86.9. The minimum absolute atomic E-state index is 0.00000591. The van der Waals surface area contributed by atoms with Crippen LogP contribution in [0, 0.1) is 17.5 Å². The van der Waals surface area contributed by atoms with Crippen LogP contribution in [0.3, 0.4) is 0 Å². The highest BCUT2D eigenvalue weighted by molar-refractivity contribution is 7.09. The van der Waals surface area contributed by atoms with E-state index in [9.17, 15) is 51.5 Å². The maximum Gasteiger partial charge on any atom is 0.246 e. The highest BCUT2D eigenvalue weighted by Gasteiger charge is 2.34. The molecule has 3 N–H and O–H groups in total. The highest BCUT2D eigenvalue weighted by atomic mass is 35.5. The number of pyridine rings is 1. The summed E-state index contributed by atoms with van der Waals surface area (Å²) in [5.74, 6) is 2.61. The zero-order valence-electron chi connectivity index (χ0n) is 69.3. The average molecular weight is 1710 g/mol. The molecule has 6 aliphatic heterocycles. The Morgan fingerprint density at radius 3 is 1.50 bits per heavy atom. The first kappa shape index (κ1) is 89.6. The summed E-state index contributed by atoms with van der Waals surface area (Å²) >= 11 is 7.67. The Morgan fingerprint density at radius 2 is 0.967 bits per heavy atom. The molecule has 8 aromatic carbocycles. The Morgan fingerprint density at radius 1 is 0.480 bits per heavy atom. The summed E-state index contributed by atoms with van der Waals surface area (Å²) in [6, 6.07) is 58.9. The third-order valence-corrected chi connectivity index (χ3v) is 23.6. The monoisotopic (exact) mass is 1710 g/mol. The number of methoxy groups -OCH3 is 2. The Balaban J connectivity index is 0.000000140. The Bertz CT molecular complexity index is 5320. The van der Waals surface area contributed by atoms with Crippen molar-refractivity contribution in [3.8, 4) is 23.0 Å². The lowest BCUT2D eigenvalue weighted by molar-refractivity contribution is -0.130. The normalized spacial score (nSPS) is 17.3. The number of carbonyl (C=O) groups is 8. The van der Waals surface area contributed by atoms with Gasteiger partial charge in [0.25, 0.3) is 0 Å². The lowest BCUT2D eigenvalue weighted by atomic mass is 9.97. The van der Waals surface area contributed by atoms with Crippen molar-refractivity contribution in [2.75, 3.05) is 102 Å². The van der Waals surface area contributed by atoms with Crippen LogP contribution in [0.5, 0.6) is 23.0 Å². The van der Waals surface area contributed by atoms with Gasteiger partial charge in [0.2, 0.25) is 54.1 Å². The fourth-order valence-electron chi connectivity index (χ4n) is 15.8. The van der Waals surface area contributed by atoms with Gasteiger partial charge in [0, 0.05) is 167 Å². The number of nitrogens with one attached hydrogen (secondary N) is 3. The molecule has 22 nitrogen and oxygen atoms in total. The number of rotatable bonds is 20. The van der Waals surface area contributed by atoms with Gasteiger partial charge in [-0.3, -0.25) is 38.4 Å². The topological polar surface area (TPSA) is 252 Å². The molecule has 10 aromatic rings. The zero-order valence-corrected chi connectivity index (χ0v) is 70.9. The number of thiazole rings is 1. The smallest absolute Gasteiger partial charge is 0.246 e. The lowest BCUT2D eigenvalue weighted by Crippen LogP contribution is -2.30. The van der Waals surface area contributed by atoms with Crippen molar-refractivity contribution < 1.29 is 70.5 Å². The Labute approximate surface area is 723 Å². The van der Waals surface area contributed by atoms with Gasteiger partial charge in [0.1, 0.15) is 23.1 Å². The van der Waals surface area contributed by atoms with Crippen LogP contribution in [-0.2, 0) is 64.0 Å². The van der Waals surface area contributed by atoms with Crippen molar-refractivity contribution in [3.63, 3.8) is 0 Å². The maximum absolute atomic E-state index is 13.9. The standard InChI is InChI=1S/C21H24N2O3.C20H22N2O2.C19H17ClFNO3.C19H19F2NO2.C17H18N4O2S/c1-15(24)22-18-9-7-16(8-10-18)13-21(25)23-12-11-17(14-23)19-5-3-4-6-20(19)26-2;1-15(23)21-19-9-7-16(8-10-19)13-20(24)22-12-11-18(14-22)17-5-3-2-4-6-17;20-15-2-1-3-16(21)14(15)9-19(23)22-7-6-13(10-22)12-4-5-17-18(8-12)25-11-24-17;1-24-17-8-3-2-6-15(17)14-9-10-22(12-14)18(23)11-13-5-4-7-16(20)19(13)21;1-12(22)20-15-4-2-13(10-19-15)3-5-16(23)21-8-6-14(11-21)17-18-7-9-24-17/h3-10,17H,11-14H2,1-2H3,(H,22,24);2-10,18H,11-14H2,1H3,(H,21,23);1-5,8,13H,6-7,9-11H2;2-8,14H,9-12H2,1H3;2-5,7,9-10,14H,6,8,11H2,1H3,(H,19,20,22)/b;;;;5-3+. The summed E-state index contributed by atoms with van der Waals surface area (Å²) in [5, 5.41) is 11.4. The predicted molar refractivity (Wildman–Crippen MR) is 468 cm³/mol. The van der Waals surface area contributed by atoms with E-state index in [1.807, 2.05) is 148 Å². The molecule has 2 aromatic heterocycles. The number of hydrogen-bond acceptors (Lipinski definition) is 15. The molecule has 5 fully saturated rings. The van der Waals surface area contributed by atoms with Gasteiger partial charge in [-0.1, -0.05) is 127 Å². The molecule has 0 radical (unpaired) electrons. The van der Waals surface area contributed by atoms with Crippen LogP contribution in [0.25, 0.3) is 6.08 Å². The number of para-hydroxylation sites is 2. The van der Waals surface area contributed by atoms with Crippen LogP contribution in [-0.4, -0.2) is 168 Å². The molecule has 8 amide bonds. The predicted octanol–water partition coefficient (Wildman–Crippen LogP) is 16.2. The molecule has 5 atom stereocenters. The van der Waals surface area contributed by atoms with Crippen LogP contribution in [0.1, 0.15) is 138 Å². The molecule has 5 saturated heterocycles. The maximum atomic E-state index is 13.9. The molecule has 27 heteroatoms. The van der Waals surface area contributed by atoms with Gasteiger partial charge in [0.15, 0.2) is 23.1 Å². The number of benzene rings is 8. The third kappa shape index (κ3) is 25.2. The van der Waals surface area contributed by atoms with Crippen LogP contribution in [0.2, 0.25) is 5.02 Å². The molecule has 0 bridgehead atoms. The quantitative estimate of drug-likeness (QED) is 0.0600. The Hall–Kier alpha value is -12.7. The van der Waals surface area contributed by atoms with Crippen LogP contribution < -0.4 is 34.9 Å². The fourth-order valence-corrected chi connectivity index (χ4v) is 16.8. The molecular weight excluding hydrogens is 1610 g/mol. The molecule has 16 rings (SSSR count). The van der Waals surface area contributed by atoms with E-state index in [-0.39, 0.29) is 89.9 Å². The minimum Gasteiger partial charge on any atom is -0.496 e. The van der Waals surface area contributed by atoms with Crippen molar-refractivity contribution in [3.05, 3.63) is 296 Å². The Kier molecular flexibility index (Phi) is 31.8. The summed E-state index contributed by atoms with van der Waals surface area (Å²) < 4.78 is 62.5. The molecule has 0 spiro atoms. The van der Waals surface area contributed by atoms with Crippen molar-refractivity contribution in [1.29, 1.82) is 0 Å². The van der Waals surface area contributed by atoms with Gasteiger partial charge in [-0.2, -0.15) is 0 Å². The SMILES string of the molecule is CC(=O)Nc1ccc(/C=C/C(=O)N2CCC(c3nccs3)C2)cn1.CC(=O)Nc1ccc(CC(=O)N2CCC(c3ccccc3)C2)cc1.COc1ccccc1C1CCN(C(=O)Cc2ccc(NC(C)=O)cc2)C1.COc1ccccc1C1CCN(C(=O)Cc2cccc(F)c2F)C1.O=C(Cc1c(F)cccc1Cl)N1CCC(c2ccc3c(c2)OCO3)C1. The molecule has 640 valence electrons. The third-order valence-electron chi connectivity index (χ3n) is 22.3. The first-order valence-corrected chi connectivity index (χ1v) is 42.3. The molecule has 8 heterocycles. The number of likely N-dealkylation sites (tertiary alicyclic amines) is 5. The van der Waals surface area contributed by atoms with Gasteiger partial charge in [-0.15, -0.1) is 11.3 Å². The largest absolute Gasteiger partial charge is 0.496 e. The van der Waals surface area contributed by atoms with E-state index in [0.29, 0.717) is 67.6 Å². The number of hydrogen-bond donors (Lipinski definition) is 3. The number of anilines is 3. The van der Waals surface area contributed by atoms with E-state index in [2.05, 4.69) is 56.3 Å². The molecular formula is C96H100ClF3N10O12S. The van der Waals surface area contributed by atoms with Gasteiger partial charge < -0.3 is 59.4 Å². The highest BCUT2D eigenvalue weighted by Crippen LogP contribution is 2.40. The van der Waals surface area contributed by atoms with Crippen LogP contribution in [0.4, 0.5) is 30.4 Å². The average Bonchev–Trinajstić information content (AvgIpc) is 1.65. The van der Waals surface area contributed by atoms with E-state index in [1.54, 1.807) is 65.8 Å². The van der Waals surface area contributed by atoms with E-state index in [1.165, 1.54) is 56.2 Å². The number of carbonyl (C=O) groups excluding carboxylic acids is 8. The van der Waals surface area contributed by atoms with Gasteiger partial charge >= 0.3 is 0 Å². The molecule has 0 aliphatic carbocycles. The number of ether oxygens (including phenoxy) is 4. The molecule has 6 aliphatic rings. The van der Waals surface area contributed by atoms with Crippen molar-refractivity contribution in [2.24, 2.45) is 0 Å². The summed E-state index contributed by atoms with van der Waals surface area (Å²) in [7, 11) is 3.31. The minimum atomic E-state index is -0.939. The van der Waals surface area contributed by atoms with Crippen molar-refractivity contribution >= 4 is 93.5 Å². The second-order valence-corrected chi connectivity index (χ2v) is 32.2. The lowest BCUT2D eigenvalue weighted by Gasteiger charge is -2.18. The van der Waals surface area contributed by atoms with Crippen molar-refractivity contribution in [1.82, 2.24) is 34.5 Å². The summed E-state index contributed by atoms with van der Waals surface area (Å²) in [4.78, 5) is 113. The second-order valence-electron chi connectivity index (χ2n) is 30.8. The summed E-state index contributed by atoms with van der Waals surface area (Å²) in [6.45, 7) is 11.7. The van der Waals surface area contributed by atoms with E-state index < -0.39 is 17.5 Å². The summed E-state index contributed by atoms with van der Waals surface area (Å²) in [5.41, 5.74) is 9.28. The van der Waals surface area contributed by atoms with Crippen LogP contribution in [0.15, 0.2) is 218 Å². The second kappa shape index (κ2) is 43.7. The number of nitrogens with zero attached hydrogens (tertiary/aromatic N) is 7. The molecule has 0 saturated carbocycles. The fraction of sp³-hybridized carbons (Fsp3) is 0.312. The first-order chi connectivity index (χ1) is 59.5. The number of amides is 8. The number of halogens is 4. The number of fused-ring (bicyclic) bond motifs is 1. The van der Waals surface area contributed by atoms with E-state index in [0.717, 1.165) is 145 Å². The molecule has 5 unspecified atom stereocenters. The van der Waals surface area contributed by atoms with E-state index >= 15 is 0 Å².